The number of carbonyl (C=O) groups is 2. The van der Waals surface area contributed by atoms with Gasteiger partial charge in [0.1, 0.15) is 0 Å². The summed E-state index contributed by atoms with van der Waals surface area (Å²) in [5, 5.41) is 6.26. The lowest BCUT2D eigenvalue weighted by Gasteiger charge is -2.14. The van der Waals surface area contributed by atoms with Gasteiger partial charge in [-0.05, 0) is 43.2 Å². The van der Waals surface area contributed by atoms with Crippen LogP contribution in [0.2, 0.25) is 0 Å². The summed E-state index contributed by atoms with van der Waals surface area (Å²) < 4.78 is 1.05. The fourth-order valence-corrected chi connectivity index (χ4v) is 4.69. The number of thioether (sulfide) groups is 1. The molecule has 1 atom stereocenters. The van der Waals surface area contributed by atoms with Gasteiger partial charge >= 0.3 is 0 Å². The summed E-state index contributed by atoms with van der Waals surface area (Å²) in [6, 6.07) is 15.5. The van der Waals surface area contributed by atoms with Gasteiger partial charge in [-0.1, -0.05) is 49.8 Å². The van der Waals surface area contributed by atoms with Crippen molar-refractivity contribution in [1.29, 1.82) is 0 Å². The summed E-state index contributed by atoms with van der Waals surface area (Å²) in [6.07, 6.45) is 3.08. The van der Waals surface area contributed by atoms with Gasteiger partial charge in [0.05, 0.1) is 15.5 Å². The topological polar surface area (TPSA) is 71.1 Å². The van der Waals surface area contributed by atoms with Crippen LogP contribution in [0, 0.1) is 0 Å². The highest BCUT2D eigenvalue weighted by Crippen LogP contribution is 2.30. The minimum Gasteiger partial charge on any atom is -0.326 e. The quantitative estimate of drug-likeness (QED) is 0.415. The van der Waals surface area contributed by atoms with Gasteiger partial charge in [0.2, 0.25) is 11.8 Å². The molecular formula is C22H25N3O2S2. The number of hydrogen-bond acceptors (Lipinski definition) is 5. The van der Waals surface area contributed by atoms with E-state index in [1.165, 1.54) is 23.1 Å². The van der Waals surface area contributed by atoms with Crippen molar-refractivity contribution in [2.24, 2.45) is 0 Å². The zero-order chi connectivity index (χ0) is 20.6. The summed E-state index contributed by atoms with van der Waals surface area (Å²) in [6.45, 7) is 4.06. The minimum absolute atomic E-state index is 0.0228. The summed E-state index contributed by atoms with van der Waals surface area (Å²) in [5.74, 6) is -0.0384. The number of nitrogens with one attached hydrogen (secondary N) is 2. The Labute approximate surface area is 179 Å². The smallest absolute Gasteiger partial charge is 0.239 e. The Kier molecular flexibility index (Phi) is 7.66. The van der Waals surface area contributed by atoms with Crippen molar-refractivity contribution in [2.45, 2.75) is 49.7 Å². The molecule has 152 valence electrons. The Morgan fingerprint density at radius 1 is 1.10 bits per heavy atom. The van der Waals surface area contributed by atoms with Crippen LogP contribution in [0.25, 0.3) is 10.2 Å². The fourth-order valence-electron chi connectivity index (χ4n) is 2.81. The molecule has 0 spiro atoms. The number of unbranched alkanes of at least 4 members (excludes halogenated alkanes) is 1. The lowest BCUT2D eigenvalue weighted by molar-refractivity contribution is -0.116. The molecule has 2 N–H and O–H groups in total. The largest absolute Gasteiger partial charge is 0.326 e. The molecule has 0 aliphatic carbocycles. The molecule has 3 aromatic rings. The molecule has 2 aromatic carbocycles. The second-order valence-electron chi connectivity index (χ2n) is 6.67. The molecule has 1 aromatic heterocycles. The second kappa shape index (κ2) is 10.4. The van der Waals surface area contributed by atoms with E-state index in [0.29, 0.717) is 18.0 Å². The first-order valence-electron chi connectivity index (χ1n) is 9.82. The number of benzene rings is 2. The van der Waals surface area contributed by atoms with E-state index in [0.717, 1.165) is 33.6 Å². The number of thiazole rings is 1. The number of para-hydroxylation sites is 1. The number of aromatic nitrogens is 1. The van der Waals surface area contributed by atoms with Crippen molar-refractivity contribution in [3.63, 3.8) is 0 Å². The first-order valence-corrected chi connectivity index (χ1v) is 11.5. The standard InChI is InChI=1S/C22H25N3O2S2/c1-3-5-13-20(26)23-15-9-8-10-16(14-15)28-18(4-2)21(27)25-22-24-17-11-6-7-12-19(17)29-22/h6-12,14,18H,3-5,13H2,1-2H3,(H,23,26)(H,24,25,27). The van der Waals surface area contributed by atoms with Gasteiger partial charge in [-0.3, -0.25) is 9.59 Å². The van der Waals surface area contributed by atoms with E-state index in [2.05, 4.69) is 22.5 Å². The first kappa shape index (κ1) is 21.3. The van der Waals surface area contributed by atoms with Crippen LogP contribution >= 0.6 is 23.1 Å². The van der Waals surface area contributed by atoms with E-state index >= 15 is 0 Å². The Hall–Kier alpha value is -2.38. The number of fused-ring (bicyclic) bond motifs is 1. The van der Waals surface area contributed by atoms with E-state index in [-0.39, 0.29) is 17.1 Å². The van der Waals surface area contributed by atoms with E-state index in [1.807, 2.05) is 55.5 Å². The molecule has 0 radical (unpaired) electrons. The molecule has 1 unspecified atom stereocenters. The average molecular weight is 428 g/mol. The Morgan fingerprint density at radius 3 is 2.69 bits per heavy atom. The maximum absolute atomic E-state index is 12.8. The van der Waals surface area contributed by atoms with Gasteiger partial charge in [-0.15, -0.1) is 11.8 Å². The fraction of sp³-hybridized carbons (Fsp3) is 0.318. The zero-order valence-corrected chi connectivity index (χ0v) is 18.2. The van der Waals surface area contributed by atoms with Crippen LogP contribution in [0.1, 0.15) is 39.5 Å². The number of hydrogen-bond donors (Lipinski definition) is 2. The number of carbonyl (C=O) groups excluding carboxylic acids is 2. The summed E-state index contributed by atoms with van der Waals surface area (Å²) in [7, 11) is 0. The number of nitrogens with zero attached hydrogens (tertiary/aromatic N) is 1. The molecule has 0 bridgehead atoms. The van der Waals surface area contributed by atoms with Gasteiger partial charge in [0, 0.05) is 17.0 Å². The highest BCUT2D eigenvalue weighted by Gasteiger charge is 2.19. The minimum atomic E-state index is -0.243. The predicted molar refractivity (Wildman–Crippen MR) is 123 cm³/mol. The second-order valence-corrected chi connectivity index (χ2v) is 8.98. The molecule has 0 saturated heterocycles. The monoisotopic (exact) mass is 427 g/mol. The number of anilines is 2. The Balaban J connectivity index is 1.63. The molecule has 7 heteroatoms. The van der Waals surface area contributed by atoms with Gasteiger partial charge in [0.25, 0.3) is 0 Å². The third kappa shape index (κ3) is 6.05. The van der Waals surface area contributed by atoms with Crippen molar-refractivity contribution >= 4 is 55.9 Å². The molecule has 3 rings (SSSR count). The molecule has 5 nitrogen and oxygen atoms in total. The summed E-state index contributed by atoms with van der Waals surface area (Å²) in [5.41, 5.74) is 1.65. The van der Waals surface area contributed by atoms with E-state index in [4.69, 9.17) is 0 Å². The average Bonchev–Trinajstić information content (AvgIpc) is 3.13. The SMILES string of the molecule is CCCCC(=O)Nc1cccc(SC(CC)C(=O)Nc2nc3ccccc3s2)c1. The van der Waals surface area contributed by atoms with Crippen molar-refractivity contribution in [3.8, 4) is 0 Å². The lowest BCUT2D eigenvalue weighted by atomic mass is 10.2. The van der Waals surface area contributed by atoms with Crippen molar-refractivity contribution in [3.05, 3.63) is 48.5 Å². The summed E-state index contributed by atoms with van der Waals surface area (Å²) >= 11 is 2.97. The van der Waals surface area contributed by atoms with Gasteiger partial charge in [0.15, 0.2) is 5.13 Å². The van der Waals surface area contributed by atoms with Crippen LogP contribution in [-0.4, -0.2) is 22.0 Å². The first-order chi connectivity index (χ1) is 14.1. The van der Waals surface area contributed by atoms with E-state index < -0.39 is 0 Å². The molecule has 0 saturated carbocycles. The molecule has 1 heterocycles. The maximum Gasteiger partial charge on any atom is 0.239 e. The van der Waals surface area contributed by atoms with Crippen LogP contribution < -0.4 is 10.6 Å². The summed E-state index contributed by atoms with van der Waals surface area (Å²) in [4.78, 5) is 30.2. The van der Waals surface area contributed by atoms with Crippen molar-refractivity contribution in [2.75, 3.05) is 10.6 Å². The van der Waals surface area contributed by atoms with Gasteiger partial charge < -0.3 is 10.6 Å². The highest BCUT2D eigenvalue weighted by atomic mass is 32.2. The van der Waals surface area contributed by atoms with Crippen molar-refractivity contribution in [1.82, 2.24) is 4.98 Å². The molecular weight excluding hydrogens is 402 g/mol. The van der Waals surface area contributed by atoms with E-state index in [9.17, 15) is 9.59 Å². The Morgan fingerprint density at radius 2 is 1.93 bits per heavy atom. The number of rotatable bonds is 9. The molecule has 2 amide bonds. The molecule has 0 aliphatic heterocycles. The third-order valence-electron chi connectivity index (χ3n) is 4.34. The van der Waals surface area contributed by atoms with Crippen LogP contribution in [-0.2, 0) is 9.59 Å². The van der Waals surface area contributed by atoms with Crippen LogP contribution in [0.4, 0.5) is 10.8 Å². The highest BCUT2D eigenvalue weighted by molar-refractivity contribution is 8.00. The van der Waals surface area contributed by atoms with Crippen LogP contribution in [0.15, 0.2) is 53.4 Å². The lowest BCUT2D eigenvalue weighted by Crippen LogP contribution is -2.24. The molecule has 0 aliphatic rings. The zero-order valence-electron chi connectivity index (χ0n) is 16.6. The van der Waals surface area contributed by atoms with Gasteiger partial charge in [-0.25, -0.2) is 4.98 Å². The normalized spacial score (nSPS) is 11.9. The van der Waals surface area contributed by atoms with Crippen LogP contribution in [0.5, 0.6) is 0 Å². The predicted octanol–water partition coefficient (Wildman–Crippen LogP) is 5.93. The molecule has 29 heavy (non-hydrogen) atoms. The third-order valence-corrected chi connectivity index (χ3v) is 6.65. The molecule has 0 fully saturated rings. The Bertz CT molecular complexity index is 954. The number of amides is 2. The van der Waals surface area contributed by atoms with Gasteiger partial charge in [-0.2, -0.15) is 0 Å². The van der Waals surface area contributed by atoms with Crippen LogP contribution in [0.3, 0.4) is 0 Å². The maximum atomic E-state index is 12.8. The van der Waals surface area contributed by atoms with E-state index in [1.54, 1.807) is 0 Å². The van der Waals surface area contributed by atoms with Crippen molar-refractivity contribution < 1.29 is 9.59 Å².